The molecule has 1 unspecified atom stereocenters. The zero-order valence-electron chi connectivity index (χ0n) is 18.4. The van der Waals surface area contributed by atoms with E-state index in [9.17, 15) is 8.78 Å². The van der Waals surface area contributed by atoms with Crippen LogP contribution in [0.15, 0.2) is 30.4 Å². The lowest BCUT2D eigenvalue weighted by Gasteiger charge is -2.33. The molecule has 1 atom stereocenters. The Labute approximate surface area is 176 Å². The first-order chi connectivity index (χ1) is 14.1. The lowest BCUT2D eigenvalue weighted by atomic mass is 9.72. The lowest BCUT2D eigenvalue weighted by molar-refractivity contribution is 0.218. The van der Waals surface area contributed by atoms with E-state index in [0.717, 1.165) is 23.8 Å². The van der Waals surface area contributed by atoms with Gasteiger partial charge in [0.2, 0.25) is 0 Å². The molecule has 0 saturated heterocycles. The van der Waals surface area contributed by atoms with Crippen LogP contribution in [0.25, 0.3) is 5.57 Å². The molecule has 0 spiro atoms. The minimum Gasteiger partial charge on any atom is -0.203 e. The van der Waals surface area contributed by atoms with Crippen molar-refractivity contribution in [3.05, 3.63) is 53.1 Å². The smallest absolute Gasteiger partial charge is 0.166 e. The average Bonchev–Trinajstić information content (AvgIpc) is 2.75. The summed E-state index contributed by atoms with van der Waals surface area (Å²) in [6, 6.07) is 3.37. The summed E-state index contributed by atoms with van der Waals surface area (Å²) in [7, 11) is 0. The Hall–Kier alpha value is -1.44. The Bertz CT molecular complexity index is 707. The zero-order chi connectivity index (χ0) is 20.6. The van der Waals surface area contributed by atoms with Crippen LogP contribution in [0, 0.1) is 36.3 Å². The van der Waals surface area contributed by atoms with Crippen molar-refractivity contribution in [2.45, 2.75) is 90.9 Å². The molecule has 0 nitrogen and oxygen atoms in total. The number of hydrogen-bond acceptors (Lipinski definition) is 0. The highest BCUT2D eigenvalue weighted by Crippen LogP contribution is 2.40. The lowest BCUT2D eigenvalue weighted by Crippen LogP contribution is -2.21. The van der Waals surface area contributed by atoms with Crippen LogP contribution in [0.5, 0.6) is 0 Å². The van der Waals surface area contributed by atoms with Crippen LogP contribution >= 0.6 is 0 Å². The van der Waals surface area contributed by atoms with Crippen LogP contribution < -0.4 is 0 Å². The van der Waals surface area contributed by atoms with Crippen molar-refractivity contribution in [2.75, 3.05) is 0 Å². The Kier molecular flexibility index (Phi) is 8.51. The zero-order valence-corrected chi connectivity index (χ0v) is 18.4. The van der Waals surface area contributed by atoms with Gasteiger partial charge in [-0.1, -0.05) is 95.1 Å². The Balaban J connectivity index is 1.42. The third-order valence-corrected chi connectivity index (χ3v) is 7.18. The van der Waals surface area contributed by atoms with E-state index in [4.69, 9.17) is 0 Å². The molecule has 1 aromatic rings. The highest BCUT2D eigenvalue weighted by molar-refractivity contribution is 5.75. The molecule has 0 amide bonds. The summed E-state index contributed by atoms with van der Waals surface area (Å²) in [5.74, 6) is 0.814. The van der Waals surface area contributed by atoms with Gasteiger partial charge in [-0.05, 0) is 55.1 Å². The highest BCUT2D eigenvalue weighted by atomic mass is 19.2. The quantitative estimate of drug-likeness (QED) is 0.363. The van der Waals surface area contributed by atoms with Crippen LogP contribution in [-0.4, -0.2) is 0 Å². The third kappa shape index (κ3) is 6.03. The predicted octanol–water partition coefficient (Wildman–Crippen LogP) is 8.79. The second kappa shape index (κ2) is 11.1. The van der Waals surface area contributed by atoms with E-state index >= 15 is 0 Å². The summed E-state index contributed by atoms with van der Waals surface area (Å²) in [4.78, 5) is 0. The molecular weight excluding hydrogens is 362 g/mol. The topological polar surface area (TPSA) is 0 Å². The van der Waals surface area contributed by atoms with Gasteiger partial charge in [0.05, 0.1) is 0 Å². The SMILES string of the molecule is CCCCCCCC[C@H]1CC[C@H](C2C=CC(c3ccc(C)c(F)c3F)=CC2)CC1. The van der Waals surface area contributed by atoms with Gasteiger partial charge >= 0.3 is 0 Å². The van der Waals surface area contributed by atoms with Gasteiger partial charge in [-0.3, -0.25) is 0 Å². The summed E-state index contributed by atoms with van der Waals surface area (Å²) in [6.07, 6.45) is 22.5. The van der Waals surface area contributed by atoms with E-state index in [-0.39, 0.29) is 0 Å². The number of aryl methyl sites for hydroxylation is 1. The normalized spacial score (nSPS) is 24.6. The minimum atomic E-state index is -0.720. The fourth-order valence-electron chi connectivity index (χ4n) is 5.17. The first kappa shape index (κ1) is 22.2. The van der Waals surface area contributed by atoms with E-state index in [1.54, 1.807) is 19.1 Å². The maximum atomic E-state index is 14.3. The molecule has 0 aromatic heterocycles. The number of halogens is 2. The Morgan fingerprint density at radius 2 is 1.62 bits per heavy atom. The van der Waals surface area contributed by atoms with E-state index in [1.165, 1.54) is 70.6 Å². The van der Waals surface area contributed by atoms with Crippen molar-refractivity contribution in [1.29, 1.82) is 0 Å². The first-order valence-corrected chi connectivity index (χ1v) is 11.9. The molecule has 3 rings (SSSR count). The maximum Gasteiger partial charge on any atom is 0.166 e. The van der Waals surface area contributed by atoms with Crippen molar-refractivity contribution >= 4 is 5.57 Å². The van der Waals surface area contributed by atoms with Crippen LogP contribution in [0.2, 0.25) is 0 Å². The standard InChI is InChI=1S/C27H38F2/c1-3-4-5-6-7-8-9-21-11-13-22(14-12-21)23-15-17-24(18-16-23)25-19-10-20(2)26(28)27(25)29/h10,15,17-19,21-23H,3-9,11-14,16H2,1-2H3/t21-,22-,23?. The molecule has 1 saturated carbocycles. The number of hydrogen-bond donors (Lipinski definition) is 0. The summed E-state index contributed by atoms with van der Waals surface area (Å²) in [5, 5.41) is 0. The number of benzene rings is 1. The summed E-state index contributed by atoms with van der Waals surface area (Å²) >= 11 is 0. The number of rotatable bonds is 9. The fourth-order valence-corrected chi connectivity index (χ4v) is 5.17. The summed E-state index contributed by atoms with van der Waals surface area (Å²) in [5.41, 5.74) is 1.59. The van der Waals surface area contributed by atoms with E-state index in [1.807, 2.05) is 6.08 Å². The molecule has 1 fully saturated rings. The van der Waals surface area contributed by atoms with E-state index in [2.05, 4.69) is 19.1 Å². The molecule has 2 aliphatic carbocycles. The van der Waals surface area contributed by atoms with Crippen molar-refractivity contribution in [3.8, 4) is 0 Å². The molecule has 160 valence electrons. The van der Waals surface area contributed by atoms with Crippen molar-refractivity contribution < 1.29 is 8.78 Å². The second-order valence-electron chi connectivity index (χ2n) is 9.31. The van der Waals surface area contributed by atoms with Crippen molar-refractivity contribution in [3.63, 3.8) is 0 Å². The van der Waals surface area contributed by atoms with Gasteiger partial charge < -0.3 is 0 Å². The van der Waals surface area contributed by atoms with Gasteiger partial charge in [0.1, 0.15) is 0 Å². The molecule has 0 bridgehead atoms. The molecule has 0 heterocycles. The molecule has 0 radical (unpaired) electrons. The van der Waals surface area contributed by atoms with Crippen LogP contribution in [-0.2, 0) is 0 Å². The van der Waals surface area contributed by atoms with Crippen molar-refractivity contribution in [2.24, 2.45) is 17.8 Å². The van der Waals surface area contributed by atoms with E-state index in [0.29, 0.717) is 17.0 Å². The monoisotopic (exact) mass is 400 g/mol. The van der Waals surface area contributed by atoms with Crippen LogP contribution in [0.1, 0.15) is 95.1 Å². The van der Waals surface area contributed by atoms with Gasteiger partial charge in [0, 0.05) is 5.56 Å². The molecule has 2 aliphatic rings. The Morgan fingerprint density at radius 3 is 2.31 bits per heavy atom. The molecule has 1 aromatic carbocycles. The minimum absolute atomic E-state index is 0.363. The van der Waals surface area contributed by atoms with Gasteiger partial charge in [-0.25, -0.2) is 8.78 Å². The molecule has 0 N–H and O–H groups in total. The van der Waals surface area contributed by atoms with Crippen LogP contribution in [0.4, 0.5) is 8.78 Å². The van der Waals surface area contributed by atoms with Gasteiger partial charge in [0.15, 0.2) is 11.6 Å². The number of allylic oxidation sites excluding steroid dienone is 4. The summed E-state index contributed by atoms with van der Waals surface area (Å²) < 4.78 is 28.2. The van der Waals surface area contributed by atoms with Crippen LogP contribution in [0.3, 0.4) is 0 Å². The molecule has 29 heavy (non-hydrogen) atoms. The van der Waals surface area contributed by atoms with Gasteiger partial charge in [-0.15, -0.1) is 0 Å². The molecule has 2 heteroatoms. The van der Waals surface area contributed by atoms with Gasteiger partial charge in [0.25, 0.3) is 0 Å². The van der Waals surface area contributed by atoms with Gasteiger partial charge in [-0.2, -0.15) is 0 Å². The average molecular weight is 401 g/mol. The maximum absolute atomic E-state index is 14.3. The Morgan fingerprint density at radius 1 is 0.897 bits per heavy atom. The highest BCUT2D eigenvalue weighted by Gasteiger charge is 2.27. The molecular formula is C27H38F2. The summed E-state index contributed by atoms with van der Waals surface area (Å²) in [6.45, 7) is 3.88. The molecule has 0 aliphatic heterocycles. The van der Waals surface area contributed by atoms with Crippen molar-refractivity contribution in [1.82, 2.24) is 0 Å². The largest absolute Gasteiger partial charge is 0.203 e. The first-order valence-electron chi connectivity index (χ1n) is 11.9. The second-order valence-corrected chi connectivity index (χ2v) is 9.31. The van der Waals surface area contributed by atoms with E-state index < -0.39 is 11.6 Å². The number of unbranched alkanes of at least 4 members (excludes halogenated alkanes) is 5. The predicted molar refractivity (Wildman–Crippen MR) is 120 cm³/mol. The third-order valence-electron chi connectivity index (χ3n) is 7.18. The fraction of sp³-hybridized carbons (Fsp3) is 0.630.